The summed E-state index contributed by atoms with van der Waals surface area (Å²) < 4.78 is 15.3. The molecule has 0 aliphatic rings. The van der Waals surface area contributed by atoms with Gasteiger partial charge < -0.3 is 14.2 Å². The third kappa shape index (κ3) is 17.4. The van der Waals surface area contributed by atoms with Crippen LogP contribution >= 0.6 is 29.1 Å². The maximum absolute atomic E-state index is 11.7. The lowest BCUT2D eigenvalue weighted by Crippen LogP contribution is -2.11. The lowest BCUT2D eigenvalue weighted by atomic mass is 10.2. The summed E-state index contributed by atoms with van der Waals surface area (Å²) >= 11 is 3.76. The van der Waals surface area contributed by atoms with Crippen LogP contribution in [0.5, 0.6) is 0 Å². The molecular formula is C18H35O5PS2. The van der Waals surface area contributed by atoms with Crippen molar-refractivity contribution in [3.63, 3.8) is 0 Å². The van der Waals surface area contributed by atoms with Crippen LogP contribution in [0.2, 0.25) is 0 Å². The van der Waals surface area contributed by atoms with Crippen molar-refractivity contribution in [1.82, 2.24) is 0 Å². The van der Waals surface area contributed by atoms with Crippen LogP contribution in [0.25, 0.3) is 0 Å². The van der Waals surface area contributed by atoms with Crippen molar-refractivity contribution >= 4 is 41.0 Å². The van der Waals surface area contributed by atoms with Gasteiger partial charge in [-0.15, -0.1) is 22.8 Å². The van der Waals surface area contributed by atoms with E-state index in [-0.39, 0.29) is 18.3 Å². The van der Waals surface area contributed by atoms with E-state index in [9.17, 15) is 9.59 Å². The Morgan fingerprint density at radius 1 is 0.808 bits per heavy atom. The number of rotatable bonds is 18. The zero-order valence-corrected chi connectivity index (χ0v) is 19.0. The highest BCUT2D eigenvalue weighted by molar-refractivity contribution is 8.88. The first-order valence-electron chi connectivity index (χ1n) is 9.56. The van der Waals surface area contributed by atoms with E-state index in [4.69, 9.17) is 14.2 Å². The summed E-state index contributed by atoms with van der Waals surface area (Å²) in [7, 11) is 0. The molecule has 0 aromatic rings. The Hall–Kier alpha value is 0.0300. The maximum atomic E-state index is 11.7. The summed E-state index contributed by atoms with van der Waals surface area (Å²) in [6.07, 6.45) is 6.35. The van der Waals surface area contributed by atoms with Crippen LogP contribution in [0.4, 0.5) is 0 Å². The number of hydrogen-bond acceptors (Lipinski definition) is 7. The van der Waals surface area contributed by atoms with Gasteiger partial charge in [-0.2, -0.15) is 0 Å². The molecule has 0 aromatic heterocycles. The maximum Gasteiger partial charge on any atom is 0.306 e. The molecule has 0 N–H and O–H groups in total. The van der Waals surface area contributed by atoms with Crippen LogP contribution in [0.3, 0.4) is 0 Å². The molecule has 0 saturated heterocycles. The Balaban J connectivity index is 4.03. The summed E-state index contributed by atoms with van der Waals surface area (Å²) in [5.41, 5.74) is 0. The van der Waals surface area contributed by atoms with Gasteiger partial charge in [0.1, 0.15) is 6.61 Å². The predicted molar refractivity (Wildman–Crippen MR) is 114 cm³/mol. The van der Waals surface area contributed by atoms with Crippen LogP contribution in [0.1, 0.15) is 59.3 Å². The van der Waals surface area contributed by atoms with Gasteiger partial charge in [-0.05, 0) is 32.2 Å². The topological polar surface area (TPSA) is 61.8 Å². The zero-order chi connectivity index (χ0) is 19.5. The van der Waals surface area contributed by atoms with Crippen molar-refractivity contribution in [3.8, 4) is 0 Å². The first kappa shape index (κ1) is 26.0. The van der Waals surface area contributed by atoms with Crippen molar-refractivity contribution in [2.45, 2.75) is 59.3 Å². The number of carbonyl (C=O) groups is 2. The summed E-state index contributed by atoms with van der Waals surface area (Å²) in [6, 6.07) is 0. The fourth-order valence-electron chi connectivity index (χ4n) is 1.94. The number of unbranched alkanes of at least 4 members (excludes halogenated alkanes) is 3. The molecule has 0 aliphatic carbocycles. The van der Waals surface area contributed by atoms with E-state index in [1.807, 2.05) is 25.2 Å². The van der Waals surface area contributed by atoms with E-state index in [1.54, 1.807) is 11.4 Å². The number of ether oxygens (including phenoxy) is 3. The second-order valence-corrected chi connectivity index (χ2v) is 12.8. The Morgan fingerprint density at radius 2 is 1.54 bits per heavy atom. The Morgan fingerprint density at radius 3 is 2.23 bits per heavy atom. The molecule has 0 saturated carbocycles. The molecule has 0 aliphatic heterocycles. The highest BCUT2D eigenvalue weighted by Gasteiger charge is 2.14. The van der Waals surface area contributed by atoms with Crippen LogP contribution in [0.15, 0.2) is 0 Å². The van der Waals surface area contributed by atoms with Crippen molar-refractivity contribution < 1.29 is 23.8 Å². The second kappa shape index (κ2) is 19.8. The standard InChI is InChI=1S/C18H35O5PS2/c1-4-7-8-9-15-25-24(14-10-17(19)22-6-3)26-16-11-18(20)23-13-12-21-5-2/h4-16H2,1-3H3. The van der Waals surface area contributed by atoms with Crippen molar-refractivity contribution in [3.05, 3.63) is 0 Å². The smallest absolute Gasteiger partial charge is 0.306 e. The third-order valence-corrected chi connectivity index (χ3v) is 11.1. The molecular weight excluding hydrogens is 391 g/mol. The molecule has 1 atom stereocenters. The first-order valence-corrected chi connectivity index (χ1v) is 14.3. The molecule has 0 rings (SSSR count). The molecule has 0 heterocycles. The largest absolute Gasteiger partial charge is 0.466 e. The number of carbonyl (C=O) groups excluding carboxylic acids is 2. The minimum absolute atomic E-state index is 0.123. The molecule has 1 unspecified atom stereocenters. The molecule has 0 fully saturated rings. The van der Waals surface area contributed by atoms with Crippen LogP contribution < -0.4 is 0 Å². The quantitative estimate of drug-likeness (QED) is 0.168. The fourth-order valence-corrected chi connectivity index (χ4v) is 9.08. The van der Waals surface area contributed by atoms with Crippen LogP contribution in [-0.4, -0.2) is 56.0 Å². The van der Waals surface area contributed by atoms with Gasteiger partial charge in [0, 0.05) is 18.7 Å². The Labute approximate surface area is 168 Å². The van der Waals surface area contributed by atoms with Gasteiger partial charge in [0.15, 0.2) is 0 Å². The minimum atomic E-state index is -0.374. The van der Waals surface area contributed by atoms with Gasteiger partial charge in [0.25, 0.3) is 0 Å². The molecule has 0 radical (unpaired) electrons. The average molecular weight is 427 g/mol. The van der Waals surface area contributed by atoms with Crippen molar-refractivity contribution in [1.29, 1.82) is 0 Å². The van der Waals surface area contributed by atoms with E-state index in [0.29, 0.717) is 39.3 Å². The fraction of sp³-hybridized carbons (Fsp3) is 0.889. The normalized spacial score (nSPS) is 12.0. The summed E-state index contributed by atoms with van der Waals surface area (Å²) in [6.45, 7) is 7.79. The lowest BCUT2D eigenvalue weighted by molar-refractivity contribution is -0.144. The van der Waals surface area contributed by atoms with E-state index >= 15 is 0 Å². The highest BCUT2D eigenvalue weighted by atomic mass is 33.1. The third-order valence-electron chi connectivity index (χ3n) is 3.27. The molecule has 154 valence electrons. The minimum Gasteiger partial charge on any atom is -0.466 e. The van der Waals surface area contributed by atoms with Crippen molar-refractivity contribution in [2.24, 2.45) is 0 Å². The van der Waals surface area contributed by atoms with Gasteiger partial charge in [-0.25, -0.2) is 0 Å². The lowest BCUT2D eigenvalue weighted by Gasteiger charge is -2.16. The van der Waals surface area contributed by atoms with E-state index in [1.165, 1.54) is 25.7 Å². The zero-order valence-electron chi connectivity index (χ0n) is 16.5. The van der Waals surface area contributed by atoms with E-state index in [2.05, 4.69) is 6.92 Å². The SMILES string of the molecule is CCCCCCSP(CCC(=O)OCC)SCCC(=O)OCCOCC. The molecule has 0 amide bonds. The van der Waals surface area contributed by atoms with Gasteiger partial charge in [0.05, 0.1) is 26.1 Å². The number of esters is 2. The Kier molecular flexibility index (Phi) is 19.8. The van der Waals surface area contributed by atoms with Gasteiger partial charge in [-0.1, -0.05) is 26.2 Å². The van der Waals surface area contributed by atoms with E-state index in [0.717, 1.165) is 17.7 Å². The molecule has 0 spiro atoms. The van der Waals surface area contributed by atoms with Crippen LogP contribution in [0, 0.1) is 0 Å². The molecule has 8 heteroatoms. The first-order chi connectivity index (χ1) is 12.6. The Bertz CT molecular complexity index is 358. The number of hydrogen-bond donors (Lipinski definition) is 0. The average Bonchev–Trinajstić information content (AvgIpc) is 2.62. The molecule has 26 heavy (non-hydrogen) atoms. The monoisotopic (exact) mass is 426 g/mol. The van der Waals surface area contributed by atoms with E-state index < -0.39 is 0 Å². The van der Waals surface area contributed by atoms with Gasteiger partial charge in [0.2, 0.25) is 0 Å². The summed E-state index contributed by atoms with van der Waals surface area (Å²) in [5, 5.41) is 0. The van der Waals surface area contributed by atoms with Gasteiger partial charge >= 0.3 is 11.9 Å². The summed E-state index contributed by atoms with van der Waals surface area (Å²) in [4.78, 5) is 23.3. The second-order valence-electron chi connectivity index (χ2n) is 5.51. The highest BCUT2D eigenvalue weighted by Crippen LogP contribution is 2.61. The molecule has 5 nitrogen and oxygen atoms in total. The van der Waals surface area contributed by atoms with Gasteiger partial charge in [-0.3, -0.25) is 9.59 Å². The van der Waals surface area contributed by atoms with Crippen LogP contribution in [-0.2, 0) is 23.8 Å². The molecule has 0 bridgehead atoms. The van der Waals surface area contributed by atoms with Crippen molar-refractivity contribution in [2.75, 3.05) is 44.1 Å². The summed E-state index contributed by atoms with van der Waals surface area (Å²) in [5.74, 6) is 1.57. The predicted octanol–water partition coefficient (Wildman–Crippen LogP) is 5.27. The molecule has 0 aromatic carbocycles.